The number of hydrogen-bond donors (Lipinski definition) is 1. The molecule has 0 aromatic heterocycles. The Kier molecular flexibility index (Phi) is 5.45. The number of rotatable bonds is 6. The minimum absolute atomic E-state index is 0.0725. The van der Waals surface area contributed by atoms with Gasteiger partial charge < -0.3 is 10.1 Å². The first-order valence-corrected chi connectivity index (χ1v) is 7.46. The van der Waals surface area contributed by atoms with E-state index >= 15 is 0 Å². The van der Waals surface area contributed by atoms with Crippen LogP contribution in [0.2, 0.25) is 5.02 Å². The third kappa shape index (κ3) is 4.11. The van der Waals surface area contributed by atoms with Gasteiger partial charge in [0.25, 0.3) is 0 Å². The zero-order chi connectivity index (χ0) is 15.2. The molecule has 2 nitrogen and oxygen atoms in total. The monoisotopic (exact) mass is 307 g/mol. The fourth-order valence-electron chi connectivity index (χ4n) is 2.20. The van der Waals surface area contributed by atoms with Gasteiger partial charge in [0.1, 0.15) is 11.6 Å². The number of halogens is 2. The first-order valence-electron chi connectivity index (χ1n) is 7.08. The molecular weight excluding hydrogens is 289 g/mol. The average Bonchev–Trinajstić information content (AvgIpc) is 2.48. The molecule has 0 saturated carbocycles. The highest BCUT2D eigenvalue weighted by molar-refractivity contribution is 6.30. The minimum atomic E-state index is -0.230. The summed E-state index contributed by atoms with van der Waals surface area (Å²) in [5.41, 5.74) is 1.88. The summed E-state index contributed by atoms with van der Waals surface area (Å²) in [4.78, 5) is 0. The molecule has 4 heteroatoms. The molecular formula is C17H19ClFNO. The number of benzene rings is 2. The Bertz CT molecular complexity index is 586. The van der Waals surface area contributed by atoms with Crippen LogP contribution in [-0.4, -0.2) is 6.61 Å². The van der Waals surface area contributed by atoms with E-state index in [1.807, 2.05) is 19.1 Å². The molecule has 21 heavy (non-hydrogen) atoms. The number of nitrogens with one attached hydrogen (secondary N) is 1. The molecule has 0 radical (unpaired) electrons. The van der Waals surface area contributed by atoms with Gasteiger partial charge in [-0.25, -0.2) is 4.39 Å². The van der Waals surface area contributed by atoms with Crippen molar-refractivity contribution in [2.45, 2.75) is 26.3 Å². The van der Waals surface area contributed by atoms with Crippen LogP contribution < -0.4 is 10.1 Å². The van der Waals surface area contributed by atoms with Gasteiger partial charge in [-0.05, 0) is 49.2 Å². The van der Waals surface area contributed by atoms with Gasteiger partial charge in [0, 0.05) is 5.02 Å². The molecule has 0 aliphatic carbocycles. The summed E-state index contributed by atoms with van der Waals surface area (Å²) in [6.45, 7) is 4.60. The maximum atomic E-state index is 13.0. The second-order valence-electron chi connectivity index (χ2n) is 4.73. The maximum absolute atomic E-state index is 13.0. The summed E-state index contributed by atoms with van der Waals surface area (Å²) in [6, 6.07) is 12.1. The summed E-state index contributed by atoms with van der Waals surface area (Å²) >= 11 is 6.07. The van der Waals surface area contributed by atoms with Crippen molar-refractivity contribution < 1.29 is 9.13 Å². The standard InChI is InChI=1S/C17H19ClFNO/c1-3-15(12-5-8-14(19)9-6-12)20-16-11-13(18)7-10-17(16)21-4-2/h5-11,15,20H,3-4H2,1-2H3. The van der Waals surface area contributed by atoms with Gasteiger partial charge in [-0.1, -0.05) is 30.7 Å². The van der Waals surface area contributed by atoms with Crippen LogP contribution in [0.4, 0.5) is 10.1 Å². The molecule has 2 aromatic rings. The summed E-state index contributed by atoms with van der Waals surface area (Å²) < 4.78 is 18.7. The molecule has 1 atom stereocenters. The molecule has 0 heterocycles. The van der Waals surface area contributed by atoms with Crippen LogP contribution in [-0.2, 0) is 0 Å². The quantitative estimate of drug-likeness (QED) is 0.767. The van der Waals surface area contributed by atoms with E-state index in [1.165, 1.54) is 12.1 Å². The van der Waals surface area contributed by atoms with Gasteiger partial charge in [-0.2, -0.15) is 0 Å². The molecule has 0 aliphatic rings. The topological polar surface area (TPSA) is 21.3 Å². The fourth-order valence-corrected chi connectivity index (χ4v) is 2.37. The Labute approximate surface area is 129 Å². The van der Waals surface area contributed by atoms with Crippen molar-refractivity contribution in [2.24, 2.45) is 0 Å². The van der Waals surface area contributed by atoms with Crippen molar-refractivity contribution in [2.75, 3.05) is 11.9 Å². The Balaban J connectivity index is 2.25. The van der Waals surface area contributed by atoms with Crippen LogP contribution in [0.25, 0.3) is 0 Å². The largest absolute Gasteiger partial charge is 0.492 e. The van der Waals surface area contributed by atoms with E-state index in [1.54, 1.807) is 18.2 Å². The Morgan fingerprint density at radius 2 is 1.86 bits per heavy atom. The van der Waals surface area contributed by atoms with Crippen molar-refractivity contribution in [1.82, 2.24) is 0 Å². The Morgan fingerprint density at radius 1 is 1.14 bits per heavy atom. The lowest BCUT2D eigenvalue weighted by molar-refractivity contribution is 0.341. The molecule has 2 rings (SSSR count). The predicted molar refractivity (Wildman–Crippen MR) is 85.7 cm³/mol. The molecule has 0 spiro atoms. The Hall–Kier alpha value is -1.74. The first-order chi connectivity index (χ1) is 10.1. The summed E-state index contributed by atoms with van der Waals surface area (Å²) in [6.07, 6.45) is 0.865. The summed E-state index contributed by atoms with van der Waals surface area (Å²) in [5.74, 6) is 0.536. The summed E-state index contributed by atoms with van der Waals surface area (Å²) in [5, 5.41) is 4.07. The zero-order valence-electron chi connectivity index (χ0n) is 12.2. The van der Waals surface area contributed by atoms with Gasteiger partial charge in [-0.3, -0.25) is 0 Å². The second kappa shape index (κ2) is 7.32. The zero-order valence-corrected chi connectivity index (χ0v) is 13.0. The van der Waals surface area contributed by atoms with Crippen LogP contribution >= 0.6 is 11.6 Å². The first kappa shape index (κ1) is 15.6. The highest BCUT2D eigenvalue weighted by atomic mass is 35.5. The third-order valence-electron chi connectivity index (χ3n) is 3.25. The molecule has 1 N–H and O–H groups in total. The van der Waals surface area contributed by atoms with E-state index in [0.29, 0.717) is 11.6 Å². The fraction of sp³-hybridized carbons (Fsp3) is 0.294. The van der Waals surface area contributed by atoms with Crippen LogP contribution in [0.15, 0.2) is 42.5 Å². The van der Waals surface area contributed by atoms with E-state index in [0.717, 1.165) is 23.4 Å². The van der Waals surface area contributed by atoms with E-state index < -0.39 is 0 Å². The van der Waals surface area contributed by atoms with Crippen molar-refractivity contribution in [1.29, 1.82) is 0 Å². The van der Waals surface area contributed by atoms with Gasteiger partial charge in [0.15, 0.2) is 0 Å². The van der Waals surface area contributed by atoms with Gasteiger partial charge in [0.05, 0.1) is 18.3 Å². The number of ether oxygens (including phenoxy) is 1. The van der Waals surface area contributed by atoms with Crippen LogP contribution in [0, 0.1) is 5.82 Å². The molecule has 0 aliphatic heterocycles. The highest BCUT2D eigenvalue weighted by Crippen LogP contribution is 2.32. The SMILES string of the molecule is CCOc1ccc(Cl)cc1NC(CC)c1ccc(F)cc1. The van der Waals surface area contributed by atoms with Crippen molar-refractivity contribution in [3.8, 4) is 5.75 Å². The smallest absolute Gasteiger partial charge is 0.142 e. The second-order valence-corrected chi connectivity index (χ2v) is 5.17. The van der Waals surface area contributed by atoms with Crippen LogP contribution in [0.5, 0.6) is 5.75 Å². The highest BCUT2D eigenvalue weighted by Gasteiger charge is 2.12. The molecule has 2 aromatic carbocycles. The number of anilines is 1. The van der Waals surface area contributed by atoms with E-state index in [-0.39, 0.29) is 11.9 Å². The van der Waals surface area contributed by atoms with Gasteiger partial charge >= 0.3 is 0 Å². The van der Waals surface area contributed by atoms with E-state index in [9.17, 15) is 4.39 Å². The van der Waals surface area contributed by atoms with Gasteiger partial charge in [0.2, 0.25) is 0 Å². The molecule has 0 saturated heterocycles. The molecule has 0 bridgehead atoms. The maximum Gasteiger partial charge on any atom is 0.142 e. The van der Waals surface area contributed by atoms with Crippen molar-refractivity contribution >= 4 is 17.3 Å². The van der Waals surface area contributed by atoms with Gasteiger partial charge in [-0.15, -0.1) is 0 Å². The molecule has 112 valence electrons. The minimum Gasteiger partial charge on any atom is -0.492 e. The van der Waals surface area contributed by atoms with Crippen molar-refractivity contribution in [3.05, 3.63) is 58.9 Å². The lowest BCUT2D eigenvalue weighted by Crippen LogP contribution is -2.11. The molecule has 0 fully saturated rings. The van der Waals surface area contributed by atoms with Crippen LogP contribution in [0.3, 0.4) is 0 Å². The normalized spacial score (nSPS) is 12.0. The average molecular weight is 308 g/mol. The third-order valence-corrected chi connectivity index (χ3v) is 3.49. The lowest BCUT2D eigenvalue weighted by Gasteiger charge is -2.21. The van der Waals surface area contributed by atoms with E-state index in [4.69, 9.17) is 16.3 Å². The van der Waals surface area contributed by atoms with Crippen LogP contribution in [0.1, 0.15) is 31.9 Å². The predicted octanol–water partition coefficient (Wildman–Crippen LogP) is 5.44. The molecule has 0 amide bonds. The van der Waals surface area contributed by atoms with Crippen molar-refractivity contribution in [3.63, 3.8) is 0 Å². The Morgan fingerprint density at radius 3 is 2.48 bits per heavy atom. The van der Waals surface area contributed by atoms with E-state index in [2.05, 4.69) is 12.2 Å². The lowest BCUT2D eigenvalue weighted by atomic mass is 10.0. The molecule has 1 unspecified atom stereocenters. The summed E-state index contributed by atoms with van der Waals surface area (Å²) in [7, 11) is 0. The number of hydrogen-bond acceptors (Lipinski definition) is 2.